The summed E-state index contributed by atoms with van der Waals surface area (Å²) in [5, 5.41) is 0. The Hall–Kier alpha value is -0.520. The molecule has 1 aliphatic heterocycles. The first-order valence-electron chi connectivity index (χ1n) is 4.16. The Kier molecular flexibility index (Phi) is 2.92. The molecule has 1 saturated heterocycles. The number of rotatable bonds is 3. The third kappa shape index (κ3) is 1.95. The smallest absolute Gasteiger partial charge is 0.133 e. The average Bonchev–Trinajstić information content (AvgIpc) is 2.50. The van der Waals surface area contributed by atoms with Gasteiger partial charge in [-0.05, 0) is 0 Å². The summed E-state index contributed by atoms with van der Waals surface area (Å²) < 4.78 is 5.85. The molecule has 1 heterocycles. The lowest BCUT2D eigenvalue weighted by Crippen LogP contribution is -2.42. The van der Waals surface area contributed by atoms with Gasteiger partial charge in [0.2, 0.25) is 0 Å². The predicted octanol–water partition coefficient (Wildman–Crippen LogP) is 0.834. The summed E-state index contributed by atoms with van der Waals surface area (Å²) in [7, 11) is 1.73. The van der Waals surface area contributed by atoms with Crippen LogP contribution in [0.2, 0.25) is 0 Å². The molecule has 0 unspecified atom stereocenters. The number of nitrogens with zero attached hydrogens (tertiary/aromatic N) is 1. The topological polar surface area (TPSA) is 9.23 Å². The second-order valence-corrected chi connectivity index (χ2v) is 3.14. The van der Waals surface area contributed by atoms with E-state index in [1.165, 1.54) is 12.8 Å². The lowest BCUT2D eigenvalue weighted by atomic mass is 10.4. The zero-order chi connectivity index (χ0) is 8.16. The summed E-state index contributed by atoms with van der Waals surface area (Å²) in [4.78, 5) is 0. The first kappa shape index (κ1) is 8.58. The van der Waals surface area contributed by atoms with Gasteiger partial charge in [-0.1, -0.05) is 6.42 Å². The molecule has 0 spiro atoms. The second kappa shape index (κ2) is 3.75. The van der Waals surface area contributed by atoms with Gasteiger partial charge in [-0.25, -0.2) is 4.48 Å². The molecule has 0 aromatic heterocycles. The van der Waals surface area contributed by atoms with Crippen LogP contribution in [-0.4, -0.2) is 37.8 Å². The molecule has 2 heteroatoms. The molecule has 1 rings (SSSR count). The van der Waals surface area contributed by atoms with Crippen LogP contribution in [0.1, 0.15) is 12.8 Å². The van der Waals surface area contributed by atoms with Crippen LogP contribution >= 0.6 is 0 Å². The molecular formula is C9H16NO+. The number of terminal acetylenes is 1. The van der Waals surface area contributed by atoms with E-state index in [-0.39, 0.29) is 0 Å². The Morgan fingerprint density at radius 3 is 2.55 bits per heavy atom. The fourth-order valence-electron chi connectivity index (χ4n) is 1.62. The second-order valence-electron chi connectivity index (χ2n) is 3.14. The van der Waals surface area contributed by atoms with Gasteiger partial charge in [-0.3, -0.25) is 0 Å². The quantitative estimate of drug-likeness (QED) is 0.432. The molecule has 11 heavy (non-hydrogen) atoms. The molecular weight excluding hydrogens is 138 g/mol. The normalized spacial score (nSPS) is 21.5. The molecule has 1 fully saturated rings. The molecule has 0 N–H and O–H groups in total. The molecule has 1 aliphatic rings. The largest absolute Gasteiger partial charge is 0.379 e. The van der Waals surface area contributed by atoms with Gasteiger partial charge in [-0.2, -0.15) is 0 Å². The van der Waals surface area contributed by atoms with E-state index in [4.69, 9.17) is 11.2 Å². The summed E-state index contributed by atoms with van der Waals surface area (Å²) in [5.74, 6) is 0. The van der Waals surface area contributed by atoms with Crippen LogP contribution < -0.4 is 0 Å². The van der Waals surface area contributed by atoms with Crippen molar-refractivity contribution in [1.29, 1.82) is 0 Å². The number of likely N-dealkylation sites (tertiary alicyclic amines) is 1. The van der Waals surface area contributed by atoms with E-state index in [0.29, 0.717) is 0 Å². The van der Waals surface area contributed by atoms with Gasteiger partial charge in [0, 0.05) is 20.0 Å². The van der Waals surface area contributed by atoms with E-state index in [9.17, 15) is 0 Å². The van der Waals surface area contributed by atoms with Crippen molar-refractivity contribution in [2.45, 2.75) is 12.8 Å². The number of quaternary nitrogens is 1. The molecule has 0 amide bonds. The van der Waals surface area contributed by atoms with Crippen molar-refractivity contribution in [2.75, 3.05) is 33.4 Å². The number of ether oxygens (including phenoxy) is 1. The highest BCUT2D eigenvalue weighted by molar-refractivity contribution is 4.75. The molecule has 62 valence electrons. The van der Waals surface area contributed by atoms with Gasteiger partial charge in [0.1, 0.15) is 12.6 Å². The zero-order valence-electron chi connectivity index (χ0n) is 7.18. The third-order valence-corrected chi connectivity index (χ3v) is 2.42. The molecule has 0 atom stereocenters. The minimum Gasteiger partial charge on any atom is -0.379 e. The van der Waals surface area contributed by atoms with Crippen molar-refractivity contribution < 1.29 is 9.22 Å². The van der Waals surface area contributed by atoms with Crippen LogP contribution in [0.3, 0.4) is 0 Å². The fraction of sp³-hybridized carbons (Fsp3) is 0.778. The molecule has 0 saturated carbocycles. The number of methoxy groups -OCH3 is 1. The maximum Gasteiger partial charge on any atom is 0.133 e. The van der Waals surface area contributed by atoms with Gasteiger partial charge >= 0.3 is 0 Å². The fourth-order valence-corrected chi connectivity index (χ4v) is 1.62. The van der Waals surface area contributed by atoms with Crippen molar-refractivity contribution in [3.63, 3.8) is 0 Å². The van der Waals surface area contributed by atoms with Crippen LogP contribution in [0.25, 0.3) is 0 Å². The van der Waals surface area contributed by atoms with E-state index in [1.54, 1.807) is 7.11 Å². The van der Waals surface area contributed by atoms with Crippen LogP contribution in [-0.2, 0) is 4.74 Å². The molecule has 0 bridgehead atoms. The summed E-state index contributed by atoms with van der Waals surface area (Å²) in [6, 6.07) is 2.87. The Morgan fingerprint density at radius 2 is 2.09 bits per heavy atom. The van der Waals surface area contributed by atoms with Crippen molar-refractivity contribution in [3.05, 3.63) is 0 Å². The zero-order valence-corrected chi connectivity index (χ0v) is 7.18. The minimum atomic E-state index is 0.782. The van der Waals surface area contributed by atoms with Crippen molar-refractivity contribution in [1.82, 2.24) is 0 Å². The van der Waals surface area contributed by atoms with Gasteiger partial charge < -0.3 is 4.74 Å². The minimum absolute atomic E-state index is 0.782. The van der Waals surface area contributed by atoms with E-state index in [0.717, 1.165) is 30.7 Å². The Morgan fingerprint density at radius 1 is 1.45 bits per heavy atom. The lowest BCUT2D eigenvalue weighted by molar-refractivity contribution is -0.851. The maximum absolute atomic E-state index is 5.48. The third-order valence-electron chi connectivity index (χ3n) is 2.42. The molecule has 0 radical (unpaired) electrons. The summed E-state index contributed by atoms with van der Waals surface area (Å²) >= 11 is 0. The predicted molar refractivity (Wildman–Crippen MR) is 44.8 cm³/mol. The Labute approximate surface area is 68.7 Å². The van der Waals surface area contributed by atoms with Crippen molar-refractivity contribution >= 4 is 0 Å². The summed E-state index contributed by atoms with van der Waals surface area (Å²) in [6.45, 7) is 4.04. The standard InChI is InChI=1S/C9H16NO/c1-3-10(8-9-11-2)6-4-5-7-10/h1H,4-9H2,2H3/q+1. The summed E-state index contributed by atoms with van der Waals surface area (Å²) in [5.41, 5.74) is 0. The van der Waals surface area contributed by atoms with E-state index in [1.807, 2.05) is 0 Å². The molecule has 0 aromatic rings. The highest BCUT2D eigenvalue weighted by Crippen LogP contribution is 2.17. The number of hydrogen-bond acceptors (Lipinski definition) is 1. The Balaban J connectivity index is 2.41. The van der Waals surface area contributed by atoms with Crippen molar-refractivity contribution in [2.24, 2.45) is 0 Å². The first-order valence-corrected chi connectivity index (χ1v) is 4.16. The van der Waals surface area contributed by atoms with Crippen LogP contribution in [0.4, 0.5) is 0 Å². The van der Waals surface area contributed by atoms with Gasteiger partial charge in [-0.15, -0.1) is 0 Å². The maximum atomic E-state index is 5.48. The summed E-state index contributed by atoms with van der Waals surface area (Å²) in [6.07, 6.45) is 8.02. The van der Waals surface area contributed by atoms with Gasteiger partial charge in [0.15, 0.2) is 0 Å². The van der Waals surface area contributed by atoms with Gasteiger partial charge in [0.05, 0.1) is 19.7 Å². The van der Waals surface area contributed by atoms with Crippen LogP contribution in [0.15, 0.2) is 0 Å². The average molecular weight is 154 g/mol. The molecule has 0 aromatic carbocycles. The highest BCUT2D eigenvalue weighted by atomic mass is 16.5. The van der Waals surface area contributed by atoms with E-state index in [2.05, 4.69) is 6.04 Å². The van der Waals surface area contributed by atoms with Gasteiger partial charge in [0.25, 0.3) is 0 Å². The monoisotopic (exact) mass is 154 g/mol. The molecule has 0 aliphatic carbocycles. The lowest BCUT2D eigenvalue weighted by Gasteiger charge is -2.25. The van der Waals surface area contributed by atoms with E-state index >= 15 is 0 Å². The first-order chi connectivity index (χ1) is 5.33. The highest BCUT2D eigenvalue weighted by Gasteiger charge is 2.29. The van der Waals surface area contributed by atoms with E-state index < -0.39 is 0 Å². The van der Waals surface area contributed by atoms with Crippen LogP contribution in [0, 0.1) is 12.5 Å². The SMILES string of the molecule is C#C[N+]1(CCOC)CCCC1. The Bertz CT molecular complexity index is 153. The van der Waals surface area contributed by atoms with Crippen LogP contribution in [0.5, 0.6) is 0 Å². The molecule has 2 nitrogen and oxygen atoms in total. The van der Waals surface area contributed by atoms with Crippen molar-refractivity contribution in [3.8, 4) is 12.5 Å². The number of hydrogen-bond donors (Lipinski definition) is 0.